The van der Waals surface area contributed by atoms with E-state index in [1.165, 1.54) is 10.9 Å². The molecule has 1 aliphatic heterocycles. The van der Waals surface area contributed by atoms with Crippen molar-refractivity contribution in [2.24, 2.45) is 0 Å². The Morgan fingerprint density at radius 3 is 2.83 bits per heavy atom. The number of anilines is 1. The first-order valence-corrected chi connectivity index (χ1v) is 9.28. The van der Waals surface area contributed by atoms with Crippen molar-refractivity contribution in [2.75, 3.05) is 12.3 Å². The summed E-state index contributed by atoms with van der Waals surface area (Å²) in [6, 6.07) is 9.02. The molecule has 1 aliphatic rings. The Balaban J connectivity index is 1.39. The molecule has 0 spiro atoms. The van der Waals surface area contributed by atoms with Crippen molar-refractivity contribution >= 4 is 34.7 Å². The summed E-state index contributed by atoms with van der Waals surface area (Å²) in [5.74, 6) is 0.0266. The Kier molecular flexibility index (Phi) is 5.66. The molecule has 1 fully saturated rings. The molecule has 0 bridgehead atoms. The van der Waals surface area contributed by atoms with Gasteiger partial charge in [0, 0.05) is 0 Å². The molecule has 3 heterocycles. The number of nitrogen functional groups attached to an aromatic ring is 1. The van der Waals surface area contributed by atoms with Gasteiger partial charge in [0.05, 0.1) is 6.33 Å². The van der Waals surface area contributed by atoms with Gasteiger partial charge in [-0.15, -0.1) is 0 Å². The molecule has 30 heavy (non-hydrogen) atoms. The minimum absolute atomic E-state index is 0.0189. The molecule has 10 nitrogen and oxygen atoms in total. The second kappa shape index (κ2) is 8.38. The van der Waals surface area contributed by atoms with E-state index in [4.69, 9.17) is 31.5 Å². The first kappa shape index (κ1) is 20.3. The Bertz CT molecular complexity index is 1050. The van der Waals surface area contributed by atoms with Gasteiger partial charge in [0.25, 0.3) is 0 Å². The largest absolute Gasteiger partial charge is 0.508 e. The smallest absolute Gasteiger partial charge is 0.431 e. The van der Waals surface area contributed by atoms with Crippen molar-refractivity contribution in [3.05, 3.63) is 47.5 Å². The molecule has 1 saturated heterocycles. The summed E-state index contributed by atoms with van der Waals surface area (Å²) in [7, 11) is 0. The maximum absolute atomic E-state index is 14.7. The third-order valence-corrected chi connectivity index (χ3v) is 4.72. The number of halogens is 2. The Hall–Kier alpha value is -3.02. The molecular weight excluding hydrogens is 421 g/mol. The molecule has 1 aromatic carbocycles. The lowest BCUT2D eigenvalue weighted by molar-refractivity contribution is -0.0590. The molecule has 0 amide bonds. The van der Waals surface area contributed by atoms with Gasteiger partial charge in [-0.2, -0.15) is 9.97 Å². The SMILES string of the molecule is Nc1nc(Cl)nc2c1ncn2[C@@H]1O[C@H](COC(=O)OCc2ccccc2)[C@@H](O)[C@@H]1F. The number of alkyl halides is 1. The van der Waals surface area contributed by atoms with Crippen molar-refractivity contribution in [1.29, 1.82) is 0 Å². The average Bonchev–Trinajstić information content (AvgIpc) is 3.27. The molecule has 0 radical (unpaired) electrons. The fourth-order valence-corrected chi connectivity index (χ4v) is 3.24. The maximum atomic E-state index is 14.7. The Morgan fingerprint density at radius 2 is 2.07 bits per heavy atom. The summed E-state index contributed by atoms with van der Waals surface area (Å²) in [4.78, 5) is 23.6. The second-order valence-electron chi connectivity index (χ2n) is 6.54. The van der Waals surface area contributed by atoms with E-state index in [1.54, 1.807) is 24.3 Å². The highest BCUT2D eigenvalue weighted by Crippen LogP contribution is 2.34. The first-order valence-electron chi connectivity index (χ1n) is 8.90. The van der Waals surface area contributed by atoms with Crippen LogP contribution >= 0.6 is 11.6 Å². The monoisotopic (exact) mass is 437 g/mol. The van der Waals surface area contributed by atoms with Gasteiger partial charge in [-0.3, -0.25) is 4.57 Å². The molecule has 0 aliphatic carbocycles. The zero-order valence-electron chi connectivity index (χ0n) is 15.4. The lowest BCUT2D eigenvalue weighted by atomic mass is 10.1. The van der Waals surface area contributed by atoms with Crippen LogP contribution in [0.2, 0.25) is 5.28 Å². The van der Waals surface area contributed by atoms with Gasteiger partial charge in [0.15, 0.2) is 23.9 Å². The van der Waals surface area contributed by atoms with Crippen LogP contribution in [0.3, 0.4) is 0 Å². The molecule has 0 unspecified atom stereocenters. The number of fused-ring (bicyclic) bond motifs is 1. The van der Waals surface area contributed by atoms with Crippen LogP contribution in [0.25, 0.3) is 11.2 Å². The molecule has 2 aromatic heterocycles. The average molecular weight is 438 g/mol. The van der Waals surface area contributed by atoms with Crippen LogP contribution in [0.4, 0.5) is 15.0 Å². The molecule has 12 heteroatoms. The number of rotatable bonds is 5. The molecule has 3 aromatic rings. The van der Waals surface area contributed by atoms with Gasteiger partial charge in [-0.05, 0) is 17.2 Å². The topological polar surface area (TPSA) is 135 Å². The fourth-order valence-electron chi connectivity index (χ4n) is 3.07. The quantitative estimate of drug-likeness (QED) is 0.453. The lowest BCUT2D eigenvalue weighted by Crippen LogP contribution is -2.32. The van der Waals surface area contributed by atoms with Gasteiger partial charge in [0.1, 0.15) is 30.9 Å². The van der Waals surface area contributed by atoms with E-state index in [9.17, 15) is 14.3 Å². The Labute approximate surface area is 174 Å². The van der Waals surface area contributed by atoms with E-state index in [1.807, 2.05) is 6.07 Å². The second-order valence-corrected chi connectivity index (χ2v) is 6.88. The summed E-state index contributed by atoms with van der Waals surface area (Å²) in [5, 5.41) is 10.0. The van der Waals surface area contributed by atoms with Gasteiger partial charge >= 0.3 is 6.16 Å². The number of benzene rings is 1. The third-order valence-electron chi connectivity index (χ3n) is 4.55. The summed E-state index contributed by atoms with van der Waals surface area (Å²) >= 11 is 5.81. The molecule has 4 atom stereocenters. The minimum Gasteiger partial charge on any atom is -0.431 e. The first-order chi connectivity index (χ1) is 14.4. The van der Waals surface area contributed by atoms with E-state index in [0.29, 0.717) is 0 Å². The zero-order chi connectivity index (χ0) is 21.3. The number of hydrogen-bond donors (Lipinski definition) is 2. The number of imidazole rings is 1. The van der Waals surface area contributed by atoms with Crippen LogP contribution in [0.15, 0.2) is 36.7 Å². The normalized spacial score (nSPS) is 23.6. The van der Waals surface area contributed by atoms with Crippen molar-refractivity contribution in [2.45, 2.75) is 31.2 Å². The number of carbonyl (C=O) groups is 1. The predicted molar refractivity (Wildman–Crippen MR) is 102 cm³/mol. The van der Waals surface area contributed by atoms with Gasteiger partial charge in [0.2, 0.25) is 5.28 Å². The number of aliphatic hydroxyl groups is 1. The van der Waals surface area contributed by atoms with Gasteiger partial charge < -0.3 is 25.1 Å². The van der Waals surface area contributed by atoms with Crippen LogP contribution in [-0.2, 0) is 20.8 Å². The molecule has 4 rings (SSSR count). The molecule has 158 valence electrons. The molecule has 0 saturated carbocycles. The minimum atomic E-state index is -1.84. The van der Waals surface area contributed by atoms with Gasteiger partial charge in [-0.1, -0.05) is 30.3 Å². The third kappa shape index (κ3) is 3.99. The maximum Gasteiger partial charge on any atom is 0.508 e. The highest BCUT2D eigenvalue weighted by Gasteiger charge is 2.46. The number of ether oxygens (including phenoxy) is 3. The van der Waals surface area contributed by atoms with Crippen LogP contribution in [0.1, 0.15) is 11.8 Å². The van der Waals surface area contributed by atoms with E-state index >= 15 is 0 Å². The highest BCUT2D eigenvalue weighted by atomic mass is 35.5. The van der Waals surface area contributed by atoms with Gasteiger partial charge in [-0.25, -0.2) is 14.2 Å². The highest BCUT2D eigenvalue weighted by molar-refractivity contribution is 6.28. The van der Waals surface area contributed by atoms with E-state index in [-0.39, 0.29) is 28.9 Å². The number of carbonyl (C=O) groups excluding carboxylic acids is 1. The van der Waals surface area contributed by atoms with Crippen molar-refractivity contribution in [1.82, 2.24) is 19.5 Å². The van der Waals surface area contributed by atoms with Crippen LogP contribution in [-0.4, -0.2) is 55.8 Å². The van der Waals surface area contributed by atoms with Crippen molar-refractivity contribution in [3.8, 4) is 0 Å². The fraction of sp³-hybridized carbons (Fsp3) is 0.333. The number of nitrogens with two attached hydrogens (primary N) is 1. The molecule has 3 N–H and O–H groups in total. The van der Waals surface area contributed by atoms with Crippen LogP contribution in [0.5, 0.6) is 0 Å². The van der Waals surface area contributed by atoms with E-state index in [2.05, 4.69) is 15.0 Å². The molecular formula is C18H17ClFN5O5. The van der Waals surface area contributed by atoms with Crippen LogP contribution < -0.4 is 5.73 Å². The predicted octanol–water partition coefficient (Wildman–Crippen LogP) is 2.01. The standard InChI is InChI=1S/C18H17ClFN5O5/c19-17-23-14(21)12-15(24-17)25(8-22-12)16-11(20)13(26)10(30-16)7-29-18(27)28-6-9-4-2-1-3-5-9/h1-5,8,10-11,13,16,26H,6-7H2,(H2,21,23,24)/t10-,11+,13-,16-/m1/s1. The summed E-state index contributed by atoms with van der Waals surface area (Å²) < 4.78 is 31.5. The van der Waals surface area contributed by atoms with Crippen molar-refractivity contribution < 1.29 is 28.5 Å². The number of aromatic nitrogens is 4. The van der Waals surface area contributed by atoms with E-state index < -0.39 is 37.4 Å². The Morgan fingerprint density at radius 1 is 1.30 bits per heavy atom. The lowest BCUT2D eigenvalue weighted by Gasteiger charge is -2.15. The number of aliphatic hydroxyl groups excluding tert-OH is 1. The summed E-state index contributed by atoms with van der Waals surface area (Å²) in [5.41, 5.74) is 6.89. The van der Waals surface area contributed by atoms with Crippen molar-refractivity contribution in [3.63, 3.8) is 0 Å². The number of hydrogen-bond acceptors (Lipinski definition) is 9. The summed E-state index contributed by atoms with van der Waals surface area (Å²) in [6.07, 6.45) is -5.50. The zero-order valence-corrected chi connectivity index (χ0v) is 16.1. The number of nitrogens with zero attached hydrogens (tertiary/aromatic N) is 4. The van der Waals surface area contributed by atoms with E-state index in [0.717, 1.165) is 5.56 Å². The summed E-state index contributed by atoms with van der Waals surface area (Å²) in [6.45, 7) is -0.388. The van der Waals surface area contributed by atoms with Crippen LogP contribution in [0, 0.1) is 0 Å².